The van der Waals surface area contributed by atoms with Gasteiger partial charge in [-0.3, -0.25) is 4.79 Å². The zero-order valence-corrected chi connectivity index (χ0v) is 22.6. The van der Waals surface area contributed by atoms with Crippen LogP contribution in [0.5, 0.6) is 11.5 Å². The number of benzene rings is 2. The summed E-state index contributed by atoms with van der Waals surface area (Å²) in [5, 5.41) is 11.1. The first-order valence-electron chi connectivity index (χ1n) is 9.89. The molecule has 2 aromatic rings. The zero-order valence-electron chi connectivity index (χ0n) is 17.7. The van der Waals surface area contributed by atoms with E-state index in [0.29, 0.717) is 19.7 Å². The van der Waals surface area contributed by atoms with Gasteiger partial charge >= 0.3 is 10.1 Å². The predicted octanol–water partition coefficient (Wildman–Crippen LogP) is 5.10. The SMILES string of the molecule is CCCCC1S/C(=N/N=C/c2ccc(OS(=O)(=O)c3cc(Br)ccc3Br)c(OC)c2)NC1=O. The van der Waals surface area contributed by atoms with Crippen LogP contribution in [0.2, 0.25) is 0 Å². The largest absolute Gasteiger partial charge is 0.493 e. The predicted molar refractivity (Wildman–Crippen MR) is 137 cm³/mol. The summed E-state index contributed by atoms with van der Waals surface area (Å²) in [6.07, 6.45) is 4.28. The number of carbonyl (C=O) groups excluding carboxylic acids is 1. The lowest BCUT2D eigenvalue weighted by molar-refractivity contribution is -0.118. The van der Waals surface area contributed by atoms with Gasteiger partial charge in [-0.05, 0) is 64.3 Å². The Morgan fingerprint density at radius 1 is 1.18 bits per heavy atom. The van der Waals surface area contributed by atoms with Gasteiger partial charge < -0.3 is 14.2 Å². The second kappa shape index (κ2) is 11.5. The van der Waals surface area contributed by atoms with Crippen LogP contribution in [0.3, 0.4) is 0 Å². The van der Waals surface area contributed by atoms with Crippen LogP contribution in [-0.2, 0) is 14.9 Å². The molecule has 8 nitrogen and oxygen atoms in total. The molecule has 1 fully saturated rings. The maximum Gasteiger partial charge on any atom is 0.340 e. The topological polar surface area (TPSA) is 106 Å². The van der Waals surface area contributed by atoms with Gasteiger partial charge in [-0.2, -0.15) is 13.5 Å². The maximum absolute atomic E-state index is 12.8. The molecule has 0 radical (unpaired) electrons. The van der Waals surface area contributed by atoms with E-state index in [0.717, 1.165) is 19.3 Å². The summed E-state index contributed by atoms with van der Waals surface area (Å²) in [6.45, 7) is 2.08. The molecule has 176 valence electrons. The molecule has 0 aromatic heterocycles. The number of ether oxygens (including phenoxy) is 1. The standard InChI is InChI=1S/C21H21Br2N3O5S2/c1-3-4-5-18-20(27)25-21(32-18)26-24-12-13-6-9-16(17(10-13)30-2)31-33(28,29)19-11-14(22)7-8-15(19)23/h6-12,18H,3-5H2,1-2H3,(H,25,26,27)/b24-12+. The number of nitrogens with zero attached hydrogens (tertiary/aromatic N) is 2. The molecule has 1 aliphatic rings. The van der Waals surface area contributed by atoms with E-state index in [9.17, 15) is 13.2 Å². The van der Waals surface area contributed by atoms with E-state index in [4.69, 9.17) is 8.92 Å². The highest BCUT2D eigenvalue weighted by Crippen LogP contribution is 2.33. The highest BCUT2D eigenvalue weighted by Gasteiger charge is 2.29. The first kappa shape index (κ1) is 25.7. The lowest BCUT2D eigenvalue weighted by Crippen LogP contribution is -2.24. The lowest BCUT2D eigenvalue weighted by Gasteiger charge is -2.12. The van der Waals surface area contributed by atoms with Crippen LogP contribution in [0.15, 0.2) is 60.4 Å². The van der Waals surface area contributed by atoms with Crippen molar-refractivity contribution in [3.63, 3.8) is 0 Å². The van der Waals surface area contributed by atoms with Gasteiger partial charge in [0, 0.05) is 8.95 Å². The van der Waals surface area contributed by atoms with Crippen molar-refractivity contribution >= 4 is 71.0 Å². The van der Waals surface area contributed by atoms with Crippen LogP contribution in [-0.4, -0.2) is 38.1 Å². The van der Waals surface area contributed by atoms with Gasteiger partial charge in [0.1, 0.15) is 4.90 Å². The average molecular weight is 619 g/mol. The van der Waals surface area contributed by atoms with Crippen LogP contribution in [0.25, 0.3) is 0 Å². The molecule has 0 saturated carbocycles. The fourth-order valence-corrected chi connectivity index (χ4v) is 6.21. The Morgan fingerprint density at radius 3 is 2.70 bits per heavy atom. The summed E-state index contributed by atoms with van der Waals surface area (Å²) in [5.74, 6) is 0.193. The maximum atomic E-state index is 12.8. The molecule has 1 N–H and O–H groups in total. The zero-order chi connectivity index (χ0) is 24.0. The third-order valence-electron chi connectivity index (χ3n) is 4.50. The number of nitrogens with one attached hydrogen (secondary N) is 1. The van der Waals surface area contributed by atoms with Crippen LogP contribution in [0, 0.1) is 0 Å². The monoisotopic (exact) mass is 617 g/mol. The Kier molecular flexibility index (Phi) is 8.96. The normalized spacial score (nSPS) is 17.5. The Hall–Kier alpha value is -1.89. The summed E-state index contributed by atoms with van der Waals surface area (Å²) >= 11 is 7.86. The fraction of sp³-hybridized carbons (Fsp3) is 0.286. The van der Waals surface area contributed by atoms with Crippen molar-refractivity contribution in [2.45, 2.75) is 36.3 Å². The molecule has 0 bridgehead atoms. The molecular weight excluding hydrogens is 598 g/mol. The van der Waals surface area contributed by atoms with Gasteiger partial charge in [-0.1, -0.05) is 47.5 Å². The first-order chi connectivity index (χ1) is 15.7. The van der Waals surface area contributed by atoms with Gasteiger partial charge in [0.15, 0.2) is 16.7 Å². The number of amidine groups is 1. The van der Waals surface area contributed by atoms with Gasteiger partial charge in [-0.25, -0.2) is 0 Å². The average Bonchev–Trinajstić information content (AvgIpc) is 3.13. The number of hydrogen-bond donors (Lipinski definition) is 1. The molecule has 0 spiro atoms. The molecule has 1 unspecified atom stereocenters. The van der Waals surface area contributed by atoms with E-state index in [1.165, 1.54) is 37.2 Å². The van der Waals surface area contributed by atoms with E-state index in [1.807, 2.05) is 0 Å². The molecule has 0 aliphatic carbocycles. The van der Waals surface area contributed by atoms with E-state index < -0.39 is 10.1 Å². The van der Waals surface area contributed by atoms with Crippen LogP contribution >= 0.6 is 43.6 Å². The molecule has 12 heteroatoms. The summed E-state index contributed by atoms with van der Waals surface area (Å²) in [5.41, 5.74) is 0.612. The molecule has 3 rings (SSSR count). The molecule has 1 amide bonds. The second-order valence-electron chi connectivity index (χ2n) is 6.91. The summed E-state index contributed by atoms with van der Waals surface area (Å²) in [6, 6.07) is 9.44. The third-order valence-corrected chi connectivity index (χ3v) is 8.37. The number of methoxy groups -OCH3 is 1. The fourth-order valence-electron chi connectivity index (χ4n) is 2.84. The molecule has 1 aliphatic heterocycles. The Bertz CT molecular complexity index is 1200. The first-order valence-corrected chi connectivity index (χ1v) is 13.8. The van der Waals surface area contributed by atoms with Crippen molar-refractivity contribution < 1.29 is 22.1 Å². The van der Waals surface area contributed by atoms with E-state index in [2.05, 4.69) is 54.3 Å². The Balaban J connectivity index is 1.74. The second-order valence-corrected chi connectivity index (χ2v) is 11.4. The van der Waals surface area contributed by atoms with Crippen molar-refractivity contribution in [2.75, 3.05) is 7.11 Å². The minimum Gasteiger partial charge on any atom is -0.493 e. The van der Waals surface area contributed by atoms with Crippen molar-refractivity contribution in [1.29, 1.82) is 0 Å². The van der Waals surface area contributed by atoms with Gasteiger partial charge in [-0.15, -0.1) is 5.10 Å². The van der Waals surface area contributed by atoms with Crippen LogP contribution < -0.4 is 14.2 Å². The smallest absolute Gasteiger partial charge is 0.340 e. The quantitative estimate of drug-likeness (QED) is 0.238. The highest BCUT2D eigenvalue weighted by molar-refractivity contribution is 9.11. The molecule has 1 atom stereocenters. The summed E-state index contributed by atoms with van der Waals surface area (Å²) in [4.78, 5) is 11.9. The van der Waals surface area contributed by atoms with Crippen molar-refractivity contribution in [3.05, 3.63) is 50.9 Å². The molecule has 33 heavy (non-hydrogen) atoms. The molecular formula is C21H21Br2N3O5S2. The van der Waals surface area contributed by atoms with E-state index in [-0.39, 0.29) is 27.6 Å². The van der Waals surface area contributed by atoms with E-state index in [1.54, 1.807) is 24.3 Å². The van der Waals surface area contributed by atoms with Crippen molar-refractivity contribution in [3.8, 4) is 11.5 Å². The highest BCUT2D eigenvalue weighted by atomic mass is 79.9. The number of carbonyl (C=O) groups is 1. The number of unbranched alkanes of at least 4 members (excludes halogenated alkanes) is 1. The van der Waals surface area contributed by atoms with Gasteiger partial charge in [0.25, 0.3) is 0 Å². The van der Waals surface area contributed by atoms with Crippen LogP contribution in [0.1, 0.15) is 31.7 Å². The number of amides is 1. The Morgan fingerprint density at radius 2 is 1.97 bits per heavy atom. The summed E-state index contributed by atoms with van der Waals surface area (Å²) < 4.78 is 37.1. The molecule has 1 saturated heterocycles. The van der Waals surface area contributed by atoms with Crippen molar-refractivity contribution in [2.24, 2.45) is 10.2 Å². The molecule has 2 aromatic carbocycles. The minimum atomic E-state index is -4.11. The van der Waals surface area contributed by atoms with Crippen LogP contribution in [0.4, 0.5) is 0 Å². The number of thioether (sulfide) groups is 1. The number of rotatable bonds is 9. The van der Waals surface area contributed by atoms with E-state index >= 15 is 0 Å². The van der Waals surface area contributed by atoms with Crippen molar-refractivity contribution in [1.82, 2.24) is 5.32 Å². The third kappa shape index (κ3) is 6.81. The number of hydrogen-bond acceptors (Lipinski definition) is 8. The molecule has 1 heterocycles. The van der Waals surface area contributed by atoms with Gasteiger partial charge in [0.05, 0.1) is 18.6 Å². The lowest BCUT2D eigenvalue weighted by atomic mass is 10.2. The summed E-state index contributed by atoms with van der Waals surface area (Å²) in [7, 11) is -2.70. The minimum absolute atomic E-state index is 0.0197. The Labute approximate surface area is 213 Å². The van der Waals surface area contributed by atoms with Gasteiger partial charge in [0.2, 0.25) is 5.91 Å². The number of halogens is 2.